The Labute approximate surface area is 115 Å². The van der Waals surface area contributed by atoms with E-state index in [1.54, 1.807) is 0 Å². The van der Waals surface area contributed by atoms with Crippen LogP contribution in [0.15, 0.2) is 0 Å². The second-order valence-electron chi connectivity index (χ2n) is 4.63. The van der Waals surface area contributed by atoms with Crippen molar-refractivity contribution in [2.45, 2.75) is 32.8 Å². The van der Waals surface area contributed by atoms with Crippen molar-refractivity contribution in [1.82, 2.24) is 9.80 Å². The third kappa shape index (κ3) is 6.18. The Morgan fingerprint density at radius 1 is 1.24 bits per heavy atom. The summed E-state index contributed by atoms with van der Waals surface area (Å²) in [6, 6.07) is 0. The van der Waals surface area contributed by atoms with Gasteiger partial charge in [0, 0.05) is 31.5 Å². The van der Waals surface area contributed by atoms with Crippen molar-refractivity contribution in [3.05, 3.63) is 0 Å². The predicted octanol–water partition coefficient (Wildman–Crippen LogP) is 2.20. The van der Waals surface area contributed by atoms with Gasteiger partial charge in [-0.05, 0) is 25.9 Å². The highest BCUT2D eigenvalue weighted by atomic mass is 79.9. The number of piperidine rings is 1. The molecule has 1 aliphatic heterocycles. The monoisotopic (exact) mass is 306 g/mol. The van der Waals surface area contributed by atoms with Crippen LogP contribution in [0.5, 0.6) is 0 Å². The van der Waals surface area contributed by atoms with Gasteiger partial charge in [-0.25, -0.2) is 0 Å². The summed E-state index contributed by atoms with van der Waals surface area (Å²) in [6.45, 7) is 12.5. The zero-order valence-electron chi connectivity index (χ0n) is 11.3. The van der Waals surface area contributed by atoms with Crippen LogP contribution in [0.4, 0.5) is 0 Å². The van der Waals surface area contributed by atoms with Crippen molar-refractivity contribution < 1.29 is 4.74 Å². The Morgan fingerprint density at radius 3 is 2.41 bits per heavy atom. The summed E-state index contributed by atoms with van der Waals surface area (Å²) in [4.78, 5) is 5.07. The van der Waals surface area contributed by atoms with Crippen molar-refractivity contribution in [1.29, 1.82) is 0 Å². The number of hydrogen-bond donors (Lipinski definition) is 0. The van der Waals surface area contributed by atoms with Crippen molar-refractivity contribution in [3.8, 4) is 0 Å². The molecular formula is C13H27BrN2O. The van der Waals surface area contributed by atoms with Gasteiger partial charge < -0.3 is 14.5 Å². The molecular weight excluding hydrogens is 280 g/mol. The highest BCUT2D eigenvalue weighted by Crippen LogP contribution is 2.13. The van der Waals surface area contributed by atoms with Gasteiger partial charge in [-0.15, -0.1) is 0 Å². The van der Waals surface area contributed by atoms with E-state index >= 15 is 0 Å². The van der Waals surface area contributed by atoms with E-state index in [9.17, 15) is 0 Å². The summed E-state index contributed by atoms with van der Waals surface area (Å²) in [5.41, 5.74) is 0. The summed E-state index contributed by atoms with van der Waals surface area (Å²) in [5, 5.41) is 0.954. The van der Waals surface area contributed by atoms with Gasteiger partial charge in [-0.2, -0.15) is 0 Å². The summed E-state index contributed by atoms with van der Waals surface area (Å²) < 4.78 is 5.76. The Morgan fingerprint density at radius 2 is 1.88 bits per heavy atom. The molecule has 1 heterocycles. The number of alkyl halides is 1. The highest BCUT2D eigenvalue weighted by Gasteiger charge is 2.19. The van der Waals surface area contributed by atoms with E-state index in [1.165, 1.54) is 52.1 Å². The number of halogens is 1. The van der Waals surface area contributed by atoms with Gasteiger partial charge in [0.25, 0.3) is 0 Å². The third-order valence-electron chi connectivity index (χ3n) is 3.59. The van der Waals surface area contributed by atoms with E-state index in [0.29, 0.717) is 6.10 Å². The number of ether oxygens (including phenoxy) is 1. The zero-order chi connectivity index (χ0) is 12.5. The molecule has 0 spiro atoms. The molecule has 0 aromatic carbocycles. The van der Waals surface area contributed by atoms with Gasteiger partial charge in [0.15, 0.2) is 0 Å². The Kier molecular flexibility index (Phi) is 8.44. The van der Waals surface area contributed by atoms with Crippen molar-refractivity contribution >= 4 is 15.9 Å². The number of likely N-dealkylation sites (N-methyl/N-ethyl adjacent to an activating group) is 1. The molecule has 1 aliphatic rings. The summed E-state index contributed by atoms with van der Waals surface area (Å²) in [6.07, 6.45) is 2.90. The molecule has 0 aromatic heterocycles. The van der Waals surface area contributed by atoms with Gasteiger partial charge in [0.1, 0.15) is 0 Å². The molecule has 17 heavy (non-hydrogen) atoms. The Balaban J connectivity index is 2.10. The minimum absolute atomic E-state index is 0.497. The summed E-state index contributed by atoms with van der Waals surface area (Å²) in [5.74, 6) is 0. The molecule has 0 amide bonds. The molecule has 0 saturated carbocycles. The standard InChI is InChI=1S/C13H27BrN2O/c1-3-15(4-2)10-11-16-8-5-13(6-9-16)17-12-7-14/h13H,3-12H2,1-2H3. The quantitative estimate of drug-likeness (QED) is 0.640. The van der Waals surface area contributed by atoms with Crippen LogP contribution < -0.4 is 0 Å². The number of likely N-dealkylation sites (tertiary alicyclic amines) is 1. The number of rotatable bonds is 8. The highest BCUT2D eigenvalue weighted by molar-refractivity contribution is 9.09. The molecule has 1 fully saturated rings. The lowest BCUT2D eigenvalue weighted by Gasteiger charge is -2.33. The number of hydrogen-bond acceptors (Lipinski definition) is 3. The topological polar surface area (TPSA) is 15.7 Å². The minimum Gasteiger partial charge on any atom is -0.377 e. The first-order chi connectivity index (χ1) is 8.30. The van der Waals surface area contributed by atoms with E-state index in [2.05, 4.69) is 39.6 Å². The molecule has 1 rings (SSSR count). The first kappa shape index (κ1) is 15.4. The van der Waals surface area contributed by atoms with Crippen LogP contribution in [-0.4, -0.2) is 67.1 Å². The van der Waals surface area contributed by atoms with Gasteiger partial charge in [0.05, 0.1) is 12.7 Å². The molecule has 0 aliphatic carbocycles. The van der Waals surface area contributed by atoms with Crippen LogP contribution in [0.2, 0.25) is 0 Å². The van der Waals surface area contributed by atoms with Crippen LogP contribution in [0.25, 0.3) is 0 Å². The minimum atomic E-state index is 0.497. The molecule has 1 saturated heterocycles. The molecule has 0 N–H and O–H groups in total. The maximum absolute atomic E-state index is 5.76. The maximum atomic E-state index is 5.76. The molecule has 4 heteroatoms. The van der Waals surface area contributed by atoms with Crippen molar-refractivity contribution in [2.75, 3.05) is 51.2 Å². The lowest BCUT2D eigenvalue weighted by atomic mass is 10.1. The van der Waals surface area contributed by atoms with Crippen LogP contribution in [0.1, 0.15) is 26.7 Å². The Bertz CT molecular complexity index is 180. The fourth-order valence-electron chi connectivity index (χ4n) is 2.33. The van der Waals surface area contributed by atoms with Crippen LogP contribution >= 0.6 is 15.9 Å². The second-order valence-corrected chi connectivity index (χ2v) is 5.42. The normalized spacial score (nSPS) is 19.1. The smallest absolute Gasteiger partial charge is 0.0599 e. The lowest BCUT2D eigenvalue weighted by Crippen LogP contribution is -2.41. The van der Waals surface area contributed by atoms with E-state index in [1.807, 2.05) is 0 Å². The molecule has 0 bridgehead atoms. The summed E-state index contributed by atoms with van der Waals surface area (Å²) >= 11 is 3.40. The largest absolute Gasteiger partial charge is 0.377 e. The fraction of sp³-hybridized carbons (Fsp3) is 1.00. The average molecular weight is 307 g/mol. The first-order valence-corrected chi connectivity index (χ1v) is 8.04. The van der Waals surface area contributed by atoms with Crippen molar-refractivity contribution in [3.63, 3.8) is 0 Å². The molecule has 3 nitrogen and oxygen atoms in total. The zero-order valence-corrected chi connectivity index (χ0v) is 12.9. The van der Waals surface area contributed by atoms with Crippen LogP contribution in [-0.2, 0) is 4.74 Å². The molecule has 0 aromatic rings. The maximum Gasteiger partial charge on any atom is 0.0599 e. The molecule has 102 valence electrons. The van der Waals surface area contributed by atoms with Gasteiger partial charge >= 0.3 is 0 Å². The summed E-state index contributed by atoms with van der Waals surface area (Å²) in [7, 11) is 0. The third-order valence-corrected chi connectivity index (χ3v) is 3.92. The van der Waals surface area contributed by atoms with Gasteiger partial charge in [-0.3, -0.25) is 0 Å². The van der Waals surface area contributed by atoms with Crippen LogP contribution in [0.3, 0.4) is 0 Å². The lowest BCUT2D eigenvalue weighted by molar-refractivity contribution is 0.0143. The van der Waals surface area contributed by atoms with Crippen LogP contribution in [0, 0.1) is 0 Å². The van der Waals surface area contributed by atoms with Gasteiger partial charge in [-0.1, -0.05) is 29.8 Å². The van der Waals surface area contributed by atoms with Gasteiger partial charge in [0.2, 0.25) is 0 Å². The predicted molar refractivity (Wildman–Crippen MR) is 77.0 cm³/mol. The second kappa shape index (κ2) is 9.31. The number of nitrogens with zero attached hydrogens (tertiary/aromatic N) is 2. The van der Waals surface area contributed by atoms with E-state index in [4.69, 9.17) is 4.74 Å². The molecule has 0 radical (unpaired) electrons. The van der Waals surface area contributed by atoms with E-state index in [-0.39, 0.29) is 0 Å². The Hall–Kier alpha value is 0.360. The van der Waals surface area contributed by atoms with E-state index in [0.717, 1.165) is 11.9 Å². The fourth-order valence-corrected chi connectivity index (χ4v) is 2.52. The molecule has 0 atom stereocenters. The molecule has 0 unspecified atom stereocenters. The SMILES string of the molecule is CCN(CC)CCN1CCC(OCCBr)CC1. The average Bonchev–Trinajstić information content (AvgIpc) is 2.39. The van der Waals surface area contributed by atoms with Crippen molar-refractivity contribution in [2.24, 2.45) is 0 Å². The van der Waals surface area contributed by atoms with E-state index < -0.39 is 0 Å². The first-order valence-electron chi connectivity index (χ1n) is 6.92.